The zero-order valence-corrected chi connectivity index (χ0v) is 16.6. The predicted octanol–water partition coefficient (Wildman–Crippen LogP) is 4.32. The van der Waals surface area contributed by atoms with Crippen molar-refractivity contribution in [3.05, 3.63) is 41.4 Å². The van der Waals surface area contributed by atoms with E-state index in [2.05, 4.69) is 34.5 Å². The summed E-state index contributed by atoms with van der Waals surface area (Å²) in [7, 11) is 0. The first-order valence-corrected chi connectivity index (χ1v) is 10.4. The third-order valence-corrected chi connectivity index (χ3v) is 6.28. The quantitative estimate of drug-likeness (QED) is 0.790. The molecule has 1 unspecified atom stereocenters. The molecule has 1 atom stereocenters. The lowest BCUT2D eigenvalue weighted by molar-refractivity contribution is -0.150. The minimum atomic E-state index is -0.168. The van der Waals surface area contributed by atoms with Crippen LogP contribution in [0.2, 0.25) is 0 Å². The molecule has 0 amide bonds. The van der Waals surface area contributed by atoms with Crippen molar-refractivity contribution in [3.63, 3.8) is 0 Å². The fourth-order valence-corrected chi connectivity index (χ4v) is 4.56. The van der Waals surface area contributed by atoms with Crippen LogP contribution in [0.3, 0.4) is 0 Å². The maximum absolute atomic E-state index is 14.0. The summed E-state index contributed by atoms with van der Waals surface area (Å²) in [4.78, 5) is 6.93. The van der Waals surface area contributed by atoms with Crippen LogP contribution in [0.15, 0.2) is 24.4 Å². The molecule has 2 aromatic rings. The van der Waals surface area contributed by atoms with Gasteiger partial charge in [-0.2, -0.15) is 5.10 Å². The predicted molar refractivity (Wildman–Crippen MR) is 107 cm³/mol. The van der Waals surface area contributed by atoms with E-state index in [0.717, 1.165) is 55.9 Å². The average molecular weight is 382 g/mol. The van der Waals surface area contributed by atoms with Crippen molar-refractivity contribution >= 4 is 5.83 Å². The van der Waals surface area contributed by atoms with E-state index in [-0.39, 0.29) is 11.9 Å². The molecular formula is C22H27FN4O. The highest BCUT2D eigenvalue weighted by molar-refractivity contribution is 5.71. The van der Waals surface area contributed by atoms with Crippen LogP contribution < -0.4 is 0 Å². The monoisotopic (exact) mass is 382 g/mol. The van der Waals surface area contributed by atoms with E-state index in [1.165, 1.54) is 5.69 Å². The highest BCUT2D eigenvalue weighted by Gasteiger charge is 2.31. The lowest BCUT2D eigenvalue weighted by Gasteiger charge is -2.41. The second kappa shape index (κ2) is 7.08. The molecule has 148 valence electrons. The number of ether oxygens (including phenoxy) is 1. The normalized spacial score (nSPS) is 23.0. The van der Waals surface area contributed by atoms with Gasteiger partial charge in [-0.1, -0.05) is 0 Å². The fraction of sp³-hybridized carbons (Fsp3) is 0.545. The summed E-state index contributed by atoms with van der Waals surface area (Å²) in [6.45, 7) is 7.38. The number of likely N-dealkylation sites (tertiary alicyclic amines) is 1. The molecule has 4 heterocycles. The SMILES string of the molecule is CC(C)n1nc(-c2cnc3c(c2)C(F)=CC3)cc1C1CCN(C2CCO2)CC1. The van der Waals surface area contributed by atoms with Gasteiger partial charge < -0.3 is 4.74 Å². The summed E-state index contributed by atoms with van der Waals surface area (Å²) >= 11 is 0. The molecule has 0 bridgehead atoms. The smallest absolute Gasteiger partial charge is 0.128 e. The number of fused-ring (bicyclic) bond motifs is 1. The number of halogens is 1. The number of hydrogen-bond donors (Lipinski definition) is 0. The van der Waals surface area contributed by atoms with Gasteiger partial charge in [-0.05, 0) is 44.9 Å². The first-order chi connectivity index (χ1) is 13.6. The van der Waals surface area contributed by atoms with Gasteiger partial charge in [0.2, 0.25) is 0 Å². The van der Waals surface area contributed by atoms with Crippen LogP contribution >= 0.6 is 0 Å². The molecule has 0 spiro atoms. The minimum absolute atomic E-state index is 0.168. The number of pyridine rings is 1. The Morgan fingerprint density at radius 2 is 1.96 bits per heavy atom. The van der Waals surface area contributed by atoms with Gasteiger partial charge in [0.1, 0.15) is 12.1 Å². The lowest BCUT2D eigenvalue weighted by atomic mass is 9.92. The second-order valence-corrected chi connectivity index (χ2v) is 8.39. The Morgan fingerprint density at radius 3 is 2.64 bits per heavy atom. The number of nitrogens with zero attached hydrogens (tertiary/aromatic N) is 4. The first kappa shape index (κ1) is 18.0. The standard InChI is InChI=1S/C22H27FN4O/c1-14(2)27-21(15-5-8-26(9-6-15)22-7-10-28-22)12-20(25-27)16-11-17-18(23)3-4-19(17)24-13-16/h3,11-15,22H,4-10H2,1-2H3. The number of rotatable bonds is 4. The molecule has 6 heteroatoms. The molecule has 5 nitrogen and oxygen atoms in total. The van der Waals surface area contributed by atoms with E-state index in [9.17, 15) is 4.39 Å². The van der Waals surface area contributed by atoms with Crippen molar-refractivity contribution in [2.45, 2.75) is 57.7 Å². The van der Waals surface area contributed by atoms with Crippen LogP contribution in [0, 0.1) is 0 Å². The Hall–Kier alpha value is -2.05. The van der Waals surface area contributed by atoms with Crippen LogP contribution in [0.1, 0.15) is 62.0 Å². The second-order valence-electron chi connectivity index (χ2n) is 8.39. The van der Waals surface area contributed by atoms with E-state index >= 15 is 0 Å². The summed E-state index contributed by atoms with van der Waals surface area (Å²) < 4.78 is 21.8. The first-order valence-electron chi connectivity index (χ1n) is 10.4. The molecule has 2 aliphatic heterocycles. The van der Waals surface area contributed by atoms with Crippen molar-refractivity contribution in [3.8, 4) is 11.3 Å². The molecule has 0 aromatic carbocycles. The highest BCUT2D eigenvalue weighted by atomic mass is 19.1. The van der Waals surface area contributed by atoms with Gasteiger partial charge in [-0.15, -0.1) is 0 Å². The average Bonchev–Trinajstić information content (AvgIpc) is 3.25. The maximum atomic E-state index is 14.0. The summed E-state index contributed by atoms with van der Waals surface area (Å²) in [5.41, 5.74) is 4.51. The molecule has 0 N–H and O–H groups in total. The van der Waals surface area contributed by atoms with Gasteiger partial charge in [-0.3, -0.25) is 14.6 Å². The van der Waals surface area contributed by atoms with E-state index in [1.54, 1.807) is 6.08 Å². The van der Waals surface area contributed by atoms with Crippen LogP contribution in [0.5, 0.6) is 0 Å². The van der Waals surface area contributed by atoms with Crippen molar-refractivity contribution < 1.29 is 9.13 Å². The van der Waals surface area contributed by atoms with Gasteiger partial charge in [0.15, 0.2) is 0 Å². The maximum Gasteiger partial charge on any atom is 0.128 e. The molecule has 2 fully saturated rings. The Balaban J connectivity index is 1.41. The molecule has 3 aliphatic rings. The van der Waals surface area contributed by atoms with Crippen molar-refractivity contribution in [1.82, 2.24) is 19.7 Å². The molecule has 5 rings (SSSR count). The summed E-state index contributed by atoms with van der Waals surface area (Å²) in [6, 6.07) is 4.38. The zero-order valence-electron chi connectivity index (χ0n) is 16.6. The van der Waals surface area contributed by atoms with Crippen LogP contribution in [-0.2, 0) is 11.2 Å². The number of allylic oxidation sites excluding steroid dienone is 1. The van der Waals surface area contributed by atoms with E-state index < -0.39 is 0 Å². The summed E-state index contributed by atoms with van der Waals surface area (Å²) in [6.07, 6.45) is 7.75. The minimum Gasteiger partial charge on any atom is -0.363 e. The zero-order chi connectivity index (χ0) is 19.3. The molecule has 0 radical (unpaired) electrons. The lowest BCUT2D eigenvalue weighted by Crippen LogP contribution is -2.48. The van der Waals surface area contributed by atoms with Crippen LogP contribution in [-0.4, -0.2) is 45.6 Å². The van der Waals surface area contributed by atoms with Crippen molar-refractivity contribution in [1.29, 1.82) is 0 Å². The number of aromatic nitrogens is 3. The molecule has 0 saturated carbocycles. The van der Waals surface area contributed by atoms with Gasteiger partial charge in [0, 0.05) is 60.9 Å². The van der Waals surface area contributed by atoms with Crippen LogP contribution in [0.4, 0.5) is 4.39 Å². The molecule has 2 aromatic heterocycles. The Labute approximate surface area is 165 Å². The summed E-state index contributed by atoms with van der Waals surface area (Å²) in [5, 5.41) is 4.88. The topological polar surface area (TPSA) is 43.2 Å². The molecular weight excluding hydrogens is 355 g/mol. The van der Waals surface area contributed by atoms with Crippen LogP contribution in [0.25, 0.3) is 17.1 Å². The van der Waals surface area contributed by atoms with E-state index in [0.29, 0.717) is 24.1 Å². The molecule has 28 heavy (non-hydrogen) atoms. The van der Waals surface area contributed by atoms with Gasteiger partial charge >= 0.3 is 0 Å². The molecule has 1 aliphatic carbocycles. The van der Waals surface area contributed by atoms with Gasteiger partial charge in [0.25, 0.3) is 0 Å². The Kier molecular flexibility index (Phi) is 4.56. The fourth-order valence-electron chi connectivity index (χ4n) is 4.56. The Bertz CT molecular complexity index is 907. The van der Waals surface area contributed by atoms with E-state index in [1.807, 2.05) is 12.3 Å². The van der Waals surface area contributed by atoms with Gasteiger partial charge in [-0.25, -0.2) is 4.39 Å². The van der Waals surface area contributed by atoms with Gasteiger partial charge in [0.05, 0.1) is 18.0 Å². The number of hydrogen-bond acceptors (Lipinski definition) is 4. The highest BCUT2D eigenvalue weighted by Crippen LogP contribution is 2.35. The van der Waals surface area contributed by atoms with Crippen molar-refractivity contribution in [2.75, 3.05) is 19.7 Å². The number of piperidine rings is 1. The third kappa shape index (κ3) is 3.08. The summed E-state index contributed by atoms with van der Waals surface area (Å²) in [5.74, 6) is 0.331. The Morgan fingerprint density at radius 1 is 1.18 bits per heavy atom. The molecule has 2 saturated heterocycles. The third-order valence-electron chi connectivity index (χ3n) is 6.28. The van der Waals surface area contributed by atoms with Crippen molar-refractivity contribution in [2.24, 2.45) is 0 Å². The van der Waals surface area contributed by atoms with E-state index in [4.69, 9.17) is 9.84 Å². The largest absolute Gasteiger partial charge is 0.363 e.